The van der Waals surface area contributed by atoms with Gasteiger partial charge in [0.25, 0.3) is 0 Å². The molecule has 0 unspecified atom stereocenters. The quantitative estimate of drug-likeness (QED) is 0.767. The zero-order valence-electron chi connectivity index (χ0n) is 8.50. The molecular weight excluding hydrogens is 204 g/mol. The lowest BCUT2D eigenvalue weighted by atomic mass is 10.1. The number of anilines is 1. The van der Waals surface area contributed by atoms with Gasteiger partial charge < -0.3 is 5.73 Å². The summed E-state index contributed by atoms with van der Waals surface area (Å²) in [7, 11) is 0. The minimum Gasteiger partial charge on any atom is -0.397 e. The summed E-state index contributed by atoms with van der Waals surface area (Å²) < 4.78 is 0. The molecule has 16 heavy (non-hydrogen) atoms. The van der Waals surface area contributed by atoms with Crippen molar-refractivity contribution in [1.82, 2.24) is 15.0 Å². The maximum absolute atomic E-state index is 11.8. The van der Waals surface area contributed by atoms with Gasteiger partial charge in [-0.2, -0.15) is 0 Å². The number of nitrogens with zero attached hydrogens (tertiary/aromatic N) is 3. The van der Waals surface area contributed by atoms with Crippen LogP contribution in [0.2, 0.25) is 0 Å². The molecule has 0 aromatic carbocycles. The first kappa shape index (κ1) is 10.2. The van der Waals surface area contributed by atoms with Gasteiger partial charge in [-0.3, -0.25) is 9.78 Å². The van der Waals surface area contributed by atoms with Crippen molar-refractivity contribution in [1.29, 1.82) is 0 Å². The molecule has 0 amide bonds. The Labute approximate surface area is 92.4 Å². The van der Waals surface area contributed by atoms with E-state index in [1.54, 1.807) is 24.5 Å². The van der Waals surface area contributed by atoms with Crippen LogP contribution in [0.1, 0.15) is 16.1 Å². The van der Waals surface area contributed by atoms with Gasteiger partial charge in [0.05, 0.1) is 11.9 Å². The number of Topliss-reactive ketones (excluding diaryl/α,β-unsaturated/α-hetero) is 1. The lowest BCUT2D eigenvalue weighted by Gasteiger charge is -2.00. The Hall–Kier alpha value is -2.30. The monoisotopic (exact) mass is 214 g/mol. The van der Waals surface area contributed by atoms with Crippen molar-refractivity contribution in [2.45, 2.75) is 6.42 Å². The number of ketones is 1. The number of rotatable bonds is 3. The van der Waals surface area contributed by atoms with Crippen LogP contribution in [0, 0.1) is 0 Å². The fourth-order valence-electron chi connectivity index (χ4n) is 1.27. The van der Waals surface area contributed by atoms with Crippen molar-refractivity contribution in [2.24, 2.45) is 0 Å². The second kappa shape index (κ2) is 4.48. The number of nitrogen functional groups attached to an aromatic ring is 1. The highest BCUT2D eigenvalue weighted by Crippen LogP contribution is 2.05. The Morgan fingerprint density at radius 3 is 2.56 bits per heavy atom. The molecule has 5 nitrogen and oxygen atoms in total. The first-order valence-electron chi connectivity index (χ1n) is 4.74. The Morgan fingerprint density at radius 1 is 1.19 bits per heavy atom. The molecule has 0 saturated heterocycles. The summed E-state index contributed by atoms with van der Waals surface area (Å²) in [6.07, 6.45) is 6.37. The SMILES string of the molecule is Nc1ccc(C(=O)Cc2cncnc2)nc1. The Balaban J connectivity index is 2.12. The number of nitrogens with two attached hydrogens (primary N) is 1. The summed E-state index contributed by atoms with van der Waals surface area (Å²) in [6, 6.07) is 3.27. The van der Waals surface area contributed by atoms with E-state index in [0.29, 0.717) is 11.4 Å². The molecule has 80 valence electrons. The third-order valence-electron chi connectivity index (χ3n) is 2.05. The molecule has 0 saturated carbocycles. The molecule has 0 aliphatic carbocycles. The fraction of sp³-hybridized carbons (Fsp3) is 0.0909. The molecular formula is C11H10N4O. The van der Waals surface area contributed by atoms with Gasteiger partial charge in [-0.05, 0) is 17.7 Å². The van der Waals surface area contributed by atoms with E-state index in [1.165, 1.54) is 12.5 Å². The van der Waals surface area contributed by atoms with Gasteiger partial charge in [-0.15, -0.1) is 0 Å². The third kappa shape index (κ3) is 2.38. The summed E-state index contributed by atoms with van der Waals surface area (Å²) in [6.45, 7) is 0. The van der Waals surface area contributed by atoms with Crippen LogP contribution in [0.15, 0.2) is 37.1 Å². The van der Waals surface area contributed by atoms with Crippen LogP contribution >= 0.6 is 0 Å². The highest BCUT2D eigenvalue weighted by molar-refractivity contribution is 5.95. The molecule has 2 N–H and O–H groups in total. The highest BCUT2D eigenvalue weighted by atomic mass is 16.1. The van der Waals surface area contributed by atoms with Crippen LogP contribution in [0.5, 0.6) is 0 Å². The predicted octanol–water partition coefficient (Wildman–Crippen LogP) is 0.879. The van der Waals surface area contributed by atoms with E-state index in [9.17, 15) is 4.79 Å². The molecule has 2 rings (SSSR count). The van der Waals surface area contributed by atoms with E-state index in [0.717, 1.165) is 5.56 Å². The van der Waals surface area contributed by atoms with Crippen molar-refractivity contribution in [2.75, 3.05) is 5.73 Å². The topological polar surface area (TPSA) is 81.8 Å². The van der Waals surface area contributed by atoms with Crippen LogP contribution in [-0.4, -0.2) is 20.7 Å². The predicted molar refractivity (Wildman–Crippen MR) is 58.7 cm³/mol. The molecule has 0 spiro atoms. The molecule has 2 aromatic rings. The summed E-state index contributed by atoms with van der Waals surface area (Å²) in [4.78, 5) is 23.4. The van der Waals surface area contributed by atoms with E-state index in [2.05, 4.69) is 15.0 Å². The molecule has 5 heteroatoms. The fourth-order valence-corrected chi connectivity index (χ4v) is 1.27. The molecule has 0 bridgehead atoms. The van der Waals surface area contributed by atoms with E-state index < -0.39 is 0 Å². The molecule has 2 heterocycles. The molecule has 0 aliphatic heterocycles. The number of hydrogen-bond acceptors (Lipinski definition) is 5. The van der Waals surface area contributed by atoms with Crippen LogP contribution in [0.4, 0.5) is 5.69 Å². The van der Waals surface area contributed by atoms with Gasteiger partial charge in [0.1, 0.15) is 12.0 Å². The lowest BCUT2D eigenvalue weighted by molar-refractivity contribution is 0.0988. The van der Waals surface area contributed by atoms with Gasteiger partial charge >= 0.3 is 0 Å². The van der Waals surface area contributed by atoms with Gasteiger partial charge in [0, 0.05) is 18.8 Å². The van der Waals surface area contributed by atoms with E-state index in [1.807, 2.05) is 0 Å². The second-order valence-corrected chi connectivity index (χ2v) is 3.32. The average Bonchev–Trinajstić information content (AvgIpc) is 2.31. The van der Waals surface area contributed by atoms with Crippen molar-refractivity contribution in [3.05, 3.63) is 48.3 Å². The zero-order chi connectivity index (χ0) is 11.4. The number of carbonyl (C=O) groups is 1. The van der Waals surface area contributed by atoms with Crippen LogP contribution in [0.3, 0.4) is 0 Å². The Morgan fingerprint density at radius 2 is 1.94 bits per heavy atom. The van der Waals surface area contributed by atoms with Crippen molar-refractivity contribution < 1.29 is 4.79 Å². The summed E-state index contributed by atoms with van der Waals surface area (Å²) >= 11 is 0. The molecule has 2 aromatic heterocycles. The van der Waals surface area contributed by atoms with E-state index >= 15 is 0 Å². The smallest absolute Gasteiger partial charge is 0.185 e. The number of hydrogen-bond donors (Lipinski definition) is 1. The number of carbonyl (C=O) groups excluding carboxylic acids is 1. The van der Waals surface area contributed by atoms with Crippen molar-refractivity contribution in [3.63, 3.8) is 0 Å². The van der Waals surface area contributed by atoms with Gasteiger partial charge in [0.15, 0.2) is 5.78 Å². The highest BCUT2D eigenvalue weighted by Gasteiger charge is 2.08. The largest absolute Gasteiger partial charge is 0.397 e. The zero-order valence-corrected chi connectivity index (χ0v) is 8.50. The maximum atomic E-state index is 11.8. The van der Waals surface area contributed by atoms with Crippen molar-refractivity contribution >= 4 is 11.5 Å². The van der Waals surface area contributed by atoms with Crippen molar-refractivity contribution in [3.8, 4) is 0 Å². The Bertz CT molecular complexity index is 481. The molecule has 0 fully saturated rings. The van der Waals surface area contributed by atoms with Crippen LogP contribution in [0.25, 0.3) is 0 Å². The summed E-state index contributed by atoms with van der Waals surface area (Å²) in [5, 5.41) is 0. The normalized spacial score (nSPS) is 10.0. The number of aromatic nitrogens is 3. The minimum absolute atomic E-state index is 0.0743. The van der Waals surface area contributed by atoms with Gasteiger partial charge in [0.2, 0.25) is 0 Å². The first-order valence-corrected chi connectivity index (χ1v) is 4.74. The summed E-state index contributed by atoms with van der Waals surface area (Å²) in [5.41, 5.74) is 7.20. The molecule has 0 radical (unpaired) electrons. The number of pyridine rings is 1. The molecule has 0 aliphatic rings. The molecule has 0 atom stereocenters. The van der Waals surface area contributed by atoms with Crippen LogP contribution < -0.4 is 5.73 Å². The maximum Gasteiger partial charge on any atom is 0.185 e. The third-order valence-corrected chi connectivity index (χ3v) is 2.05. The van der Waals surface area contributed by atoms with E-state index in [-0.39, 0.29) is 12.2 Å². The standard InChI is InChI=1S/C11H10N4O/c12-9-1-2-10(15-6-9)11(16)3-8-4-13-7-14-5-8/h1-2,4-7H,3,12H2. The average molecular weight is 214 g/mol. The summed E-state index contributed by atoms with van der Waals surface area (Å²) in [5.74, 6) is -0.0743. The Kier molecular flexibility index (Phi) is 2.86. The van der Waals surface area contributed by atoms with Gasteiger partial charge in [-0.25, -0.2) is 9.97 Å². The first-order chi connectivity index (χ1) is 7.75. The minimum atomic E-state index is -0.0743. The van der Waals surface area contributed by atoms with E-state index in [4.69, 9.17) is 5.73 Å². The lowest BCUT2D eigenvalue weighted by Crippen LogP contribution is -2.06. The second-order valence-electron chi connectivity index (χ2n) is 3.32. The van der Waals surface area contributed by atoms with Crippen LogP contribution in [-0.2, 0) is 6.42 Å². The van der Waals surface area contributed by atoms with Gasteiger partial charge in [-0.1, -0.05) is 0 Å².